The number of alkyl halides is 4. The summed E-state index contributed by atoms with van der Waals surface area (Å²) in [5.74, 6) is -0.744. The molecule has 12 aromatic rings. The zero-order valence-electron chi connectivity index (χ0n) is 67.6. The summed E-state index contributed by atoms with van der Waals surface area (Å²) in [6.07, 6.45) is -22.3. The number of nitrogens with zero attached hydrogens (tertiary/aromatic N) is 18. The molecule has 0 amide bonds. The van der Waals surface area contributed by atoms with E-state index in [0.717, 1.165) is 21.8 Å². The number of nitrogen functional groups attached to an aromatic ring is 6. The summed E-state index contributed by atoms with van der Waals surface area (Å²) >= 11 is 14.5. The lowest BCUT2D eigenvalue weighted by molar-refractivity contribution is -0.184. The number of pyridine rings is 3. The number of anilines is 6. The van der Waals surface area contributed by atoms with Crippen molar-refractivity contribution in [3.63, 3.8) is 0 Å². The van der Waals surface area contributed by atoms with Crippen LogP contribution in [0.15, 0.2) is 89.1 Å². The average Bonchev–Trinajstić information content (AvgIpc) is 1.55. The molecule has 724 valence electrons. The standard InChI is InChI=1S/C22H24FN9O12P2.C21H23F2N9O10P2S.C21H24FN9O9P2S2/c23-10-9-3-39-45(34,35)44-15-14-20(31-6-27-11-8(24)1-2-26-16(11)31)42-22(15,4-38-14)5-40-46(36,37)43-13(10)19(41-9)32-7-28-12-17(32)29-21(25)30-18(12)33;22-10-8-3-37-43(34,35)41-14-9(40-19(11(14)23)31-5-27-12-7(24)1-2-26-16(12)31)4-38-44(36,45)42-15(10)20(39-8)32-6-28-13-17(32)29-21(25)30-18(13)33;22-12-15-11(38-20(12)30-6-26-13-9(23)1-2-25-16(13)30)5-36-41(33,43)39-10-3-8(4-35-42(34,44)40-15)37-19(10)31-7-27-14-17(31)28-21(24)29-18(14)32/h1-2,6-7,9-10,13-15,19-20H,3-5H2,(H2,24,26)(H,34,35)(H,36,37)(H3,25,29,30,33);1-2,5-6,8-11,14-15,19-20H,3-4H2,(H2,24,26)(H,34,35)(H,36,45)(H3,25,29,30,33);1-2,6-8,10-12,15,19-20H,3-5H2,(H2,23,25)(H,33,43)(H,34,44)(H3,24,28,29,32)/t9-,10+,13-,14-,15+,19-,20-,22-;8-,9?,10-,11+,14-,15-,19-,20-,44?;8-,10?,11+,12?,15?,19+,20+,41?,42?/m110/s1. The van der Waals surface area contributed by atoms with Crippen LogP contribution >= 0.6 is 56.0 Å². The molecule has 10 aliphatic rings. The minimum atomic E-state index is -5.18. The average molecular weight is 2070 g/mol. The summed E-state index contributed by atoms with van der Waals surface area (Å²) in [4.78, 5) is 147. The van der Waals surface area contributed by atoms with Gasteiger partial charge in [-0.3, -0.25) is 97.5 Å². The van der Waals surface area contributed by atoms with Gasteiger partial charge >= 0.3 is 43.7 Å². The highest BCUT2D eigenvalue weighted by molar-refractivity contribution is 8.44. The fourth-order valence-corrected chi connectivity index (χ4v) is 24.0. The van der Waals surface area contributed by atoms with Crippen molar-refractivity contribution in [1.29, 1.82) is 0 Å². The molecule has 22 rings (SSSR count). The lowest BCUT2D eigenvalue weighted by Crippen LogP contribution is -2.45. The van der Waals surface area contributed by atoms with E-state index in [0.29, 0.717) is 28.1 Å². The van der Waals surface area contributed by atoms with Gasteiger partial charge in [0.2, 0.25) is 17.8 Å². The molecule has 10 saturated heterocycles. The minimum absolute atomic E-state index is 0.0214. The number of hydrogen-bond acceptors (Lipinski definition) is 46. The largest absolute Gasteiger partial charge is 0.472 e. The van der Waals surface area contributed by atoms with Crippen LogP contribution in [-0.2, 0) is 129 Å². The number of aromatic amines is 3. The summed E-state index contributed by atoms with van der Waals surface area (Å²) < 4.78 is 230. The number of phosphoric ester groups is 3. The third-order valence-corrected chi connectivity index (χ3v) is 30.4. The number of H-pyrrole nitrogens is 3. The van der Waals surface area contributed by atoms with Crippen LogP contribution in [0.4, 0.5) is 52.5 Å². The van der Waals surface area contributed by atoms with Gasteiger partial charge in [-0.15, -0.1) is 0 Å². The molecule has 135 heavy (non-hydrogen) atoms. The number of phosphoric acid groups is 3. The Bertz CT molecular complexity index is 7200. The van der Waals surface area contributed by atoms with Crippen molar-refractivity contribution < 1.29 is 148 Å². The maximum atomic E-state index is 16.0. The fraction of sp³-hybridized carbons (Fsp3) is 0.484. The van der Waals surface area contributed by atoms with E-state index in [-0.39, 0.29) is 93.5 Å². The third-order valence-electron chi connectivity index (χ3n) is 22.7. The van der Waals surface area contributed by atoms with Crippen molar-refractivity contribution in [3.8, 4) is 0 Å². The van der Waals surface area contributed by atoms with Crippen LogP contribution in [0.25, 0.3) is 67.0 Å². The lowest BCUT2D eigenvalue weighted by Gasteiger charge is -2.32. The molecule has 20 N–H and O–H groups in total. The first-order valence-corrected chi connectivity index (χ1v) is 51.9. The molecule has 58 nitrogen and oxygen atoms in total. The Morgan fingerprint density at radius 3 is 1.24 bits per heavy atom. The van der Waals surface area contributed by atoms with Gasteiger partial charge in [-0.05, 0) is 41.8 Å². The zero-order chi connectivity index (χ0) is 95.0. The second-order valence-corrected chi connectivity index (χ2v) is 44.0. The molecule has 22 heterocycles. The number of ether oxygens (including phenoxy) is 7. The lowest BCUT2D eigenvalue weighted by atomic mass is 10.0. The first-order chi connectivity index (χ1) is 64.1. The van der Waals surface area contributed by atoms with E-state index in [1.165, 1.54) is 68.2 Å². The number of nitrogens with two attached hydrogens (primary N) is 6. The van der Waals surface area contributed by atoms with Gasteiger partial charge < -0.3 is 106 Å². The second kappa shape index (κ2) is 35.1. The molecule has 0 saturated carbocycles. The van der Waals surface area contributed by atoms with Gasteiger partial charge in [-0.1, -0.05) is 12.2 Å². The van der Waals surface area contributed by atoms with E-state index in [4.69, 9.17) is 145 Å². The Labute approximate surface area is 761 Å². The number of nitrogens with one attached hydrogen (secondary N) is 3. The molecule has 10 aliphatic heterocycles. The number of hydrogen-bond donors (Lipinski definition) is 15. The van der Waals surface area contributed by atoms with Crippen molar-refractivity contribution in [3.05, 3.63) is 106 Å². The highest BCUT2D eigenvalue weighted by Gasteiger charge is 2.67. The normalized spacial score (nSPS) is 38.0. The van der Waals surface area contributed by atoms with Crippen LogP contribution in [0, 0.1) is 0 Å². The molecule has 10 unspecified atom stereocenters. The van der Waals surface area contributed by atoms with Gasteiger partial charge in [0.15, 0.2) is 112 Å². The SMILES string of the molecule is Nc1nc2c(ncn2[C@@H]2O[C@@H]3COP(=O)(O)O[C@@H]4C(COP(O)(=S)O[C@@H]2[C@@H]3F)O[C@@H](n2cnc3c(N)ccnc32)[C@H]4F)c(=O)[nH]1.Nc1nc2c(ncn2[C@@H]2O[C@@H]3COP(=O)(O)O[C@H]4[C@H]5OC[C@]4(COP(=O)(O)O[C@@H]2[C@H]3F)O[C@H]5n2cnc3c(N)ccnc32)c(=O)[nH]1.Nc1nc2c(ncn2[C@@H]2O[C@@H]3COP(=O)(S)OC4C(F)[C@H](n5cnc6c(N)ccnc65)O[C@@H]4COP(O)(=S)OC2C3)c(=O)[nH]1. The maximum absolute atomic E-state index is 16.0. The van der Waals surface area contributed by atoms with E-state index in [1.54, 1.807) is 12.1 Å². The first kappa shape index (κ1) is 93.7. The molecule has 10 fully saturated rings. The quantitative estimate of drug-likeness (QED) is 0.0634. The van der Waals surface area contributed by atoms with E-state index in [1.807, 2.05) is 0 Å². The summed E-state index contributed by atoms with van der Waals surface area (Å²) in [5, 5.41) is 0. The molecule has 0 radical (unpaired) electrons. The number of aromatic nitrogens is 21. The van der Waals surface area contributed by atoms with E-state index < -0.39 is 234 Å². The minimum Gasteiger partial charge on any atom is -0.397 e. The third kappa shape index (κ3) is 17.7. The summed E-state index contributed by atoms with van der Waals surface area (Å²) in [6, 6.07) is 4.58. The smallest absolute Gasteiger partial charge is 0.397 e. The predicted octanol–water partition coefficient (Wildman–Crippen LogP) is 1.31. The Morgan fingerprint density at radius 1 is 0.393 bits per heavy atom. The highest BCUT2D eigenvalue weighted by Crippen LogP contribution is 2.62. The van der Waals surface area contributed by atoms with Gasteiger partial charge in [0.25, 0.3) is 16.7 Å². The van der Waals surface area contributed by atoms with Crippen molar-refractivity contribution in [2.45, 2.75) is 147 Å². The summed E-state index contributed by atoms with van der Waals surface area (Å²) in [6.45, 7) is -17.2. The zero-order valence-corrected chi connectivity index (χ0v) is 75.5. The number of imidazole rings is 6. The van der Waals surface area contributed by atoms with Crippen LogP contribution in [0.2, 0.25) is 0 Å². The molecule has 29 atom stereocenters. The van der Waals surface area contributed by atoms with E-state index in [2.05, 4.69) is 87.0 Å². The van der Waals surface area contributed by atoms with E-state index in [9.17, 15) is 57.1 Å². The van der Waals surface area contributed by atoms with Gasteiger partial charge in [0, 0.05) is 25.0 Å². The molecular formula is C64H71F4N27O31P6S3. The van der Waals surface area contributed by atoms with Gasteiger partial charge in [-0.25, -0.2) is 80.7 Å². The maximum Gasteiger partial charge on any atom is 0.472 e. The van der Waals surface area contributed by atoms with Crippen molar-refractivity contribution >= 4 is 181 Å². The highest BCUT2D eigenvalue weighted by atomic mass is 32.7. The topological polar surface area (TPSA) is 784 Å². The van der Waals surface area contributed by atoms with Crippen molar-refractivity contribution in [2.75, 3.05) is 80.7 Å². The van der Waals surface area contributed by atoms with Gasteiger partial charge in [0.1, 0.15) is 89.3 Å². The van der Waals surface area contributed by atoms with Crippen LogP contribution in [0.3, 0.4) is 0 Å². The Balaban J connectivity index is 0.000000126. The predicted molar refractivity (Wildman–Crippen MR) is 454 cm³/mol. The van der Waals surface area contributed by atoms with Crippen LogP contribution < -0.4 is 51.1 Å². The van der Waals surface area contributed by atoms with Gasteiger partial charge in [-0.2, -0.15) is 15.0 Å². The van der Waals surface area contributed by atoms with Crippen molar-refractivity contribution in [2.24, 2.45) is 0 Å². The molecule has 8 bridgehead atoms. The van der Waals surface area contributed by atoms with Crippen LogP contribution in [0.5, 0.6) is 0 Å². The van der Waals surface area contributed by atoms with E-state index >= 15 is 17.6 Å². The summed E-state index contributed by atoms with van der Waals surface area (Å²) in [7, 11) is -15.3. The number of rotatable bonds is 6. The number of halogens is 4. The fourth-order valence-electron chi connectivity index (χ4n) is 16.7. The molecule has 0 aromatic carbocycles. The van der Waals surface area contributed by atoms with Crippen molar-refractivity contribution in [1.82, 2.24) is 102 Å². The number of fused-ring (bicyclic) bond motifs is 14. The molecule has 71 heteroatoms. The van der Waals surface area contributed by atoms with Gasteiger partial charge in [0.05, 0.1) is 107 Å². The Kier molecular flexibility index (Phi) is 24.4. The Morgan fingerprint density at radius 2 is 0.770 bits per heavy atom. The van der Waals surface area contributed by atoms with Crippen LogP contribution in [-0.4, -0.2) is 276 Å². The molecular weight excluding hydrogens is 2000 g/mol. The molecule has 0 aliphatic carbocycles. The Hall–Kier alpha value is -8.96. The van der Waals surface area contributed by atoms with Crippen LogP contribution in [0.1, 0.15) is 43.8 Å². The summed E-state index contributed by atoms with van der Waals surface area (Å²) in [5.41, 5.74) is 33.1. The molecule has 0 spiro atoms. The monoisotopic (exact) mass is 2070 g/mol. The molecule has 12 aromatic heterocycles. The first-order valence-electron chi connectivity index (χ1n) is 39.5. The number of thiol groups is 1. The second-order valence-electron chi connectivity index (χ2n) is 31.3.